The van der Waals surface area contributed by atoms with E-state index in [1.54, 1.807) is 36.4 Å². The Kier molecular flexibility index (Phi) is 6.19. The zero-order valence-electron chi connectivity index (χ0n) is 17.4. The van der Waals surface area contributed by atoms with Gasteiger partial charge in [-0.3, -0.25) is 4.79 Å². The zero-order chi connectivity index (χ0) is 22.8. The number of halogens is 1. The molecule has 7 nitrogen and oxygen atoms in total. The number of aryl methyl sites for hydroxylation is 2. The van der Waals surface area contributed by atoms with E-state index in [0.717, 1.165) is 24.0 Å². The average Bonchev–Trinajstić information content (AvgIpc) is 3.23. The van der Waals surface area contributed by atoms with Crippen molar-refractivity contribution in [2.45, 2.75) is 38.6 Å². The van der Waals surface area contributed by atoms with E-state index in [9.17, 15) is 19.5 Å². The summed E-state index contributed by atoms with van der Waals surface area (Å²) in [6.07, 6.45) is 2.29. The molecule has 0 unspecified atom stereocenters. The second kappa shape index (κ2) is 9.04. The molecular weight excluding hydrogens is 434 g/mol. The van der Waals surface area contributed by atoms with E-state index in [-0.39, 0.29) is 12.0 Å². The summed E-state index contributed by atoms with van der Waals surface area (Å²) in [4.78, 5) is 36.2. The largest absolute Gasteiger partial charge is 0.548 e. The maximum atomic E-state index is 12.5. The lowest BCUT2D eigenvalue weighted by atomic mass is 10.0. The van der Waals surface area contributed by atoms with Crippen LogP contribution in [0.5, 0.6) is 5.75 Å². The molecule has 3 aromatic rings. The molecule has 166 valence electrons. The molecule has 0 radical (unpaired) electrons. The third kappa shape index (κ3) is 4.62. The van der Waals surface area contributed by atoms with Crippen molar-refractivity contribution >= 4 is 34.4 Å². The summed E-state index contributed by atoms with van der Waals surface area (Å²) in [7, 11) is 0. The quantitative estimate of drug-likeness (QED) is 0.547. The normalized spacial score (nSPS) is 13.6. The first-order valence-corrected chi connectivity index (χ1v) is 10.7. The van der Waals surface area contributed by atoms with Gasteiger partial charge in [0.1, 0.15) is 11.3 Å². The number of carboxylic acids is 1. The summed E-state index contributed by atoms with van der Waals surface area (Å²) < 4.78 is 11.2. The van der Waals surface area contributed by atoms with Crippen molar-refractivity contribution in [3.8, 4) is 5.75 Å². The molecule has 2 aromatic carbocycles. The van der Waals surface area contributed by atoms with Crippen LogP contribution in [0.3, 0.4) is 0 Å². The summed E-state index contributed by atoms with van der Waals surface area (Å²) >= 11 is 5.85. The van der Waals surface area contributed by atoms with Crippen molar-refractivity contribution < 1.29 is 23.8 Å². The van der Waals surface area contributed by atoms with Crippen LogP contribution in [0.25, 0.3) is 11.0 Å². The predicted octanol–water partition coefficient (Wildman–Crippen LogP) is 2.10. The Hall–Kier alpha value is -3.32. The molecule has 1 amide bonds. The van der Waals surface area contributed by atoms with Crippen LogP contribution >= 0.6 is 11.6 Å². The summed E-state index contributed by atoms with van der Waals surface area (Å²) in [5.74, 6) is -1.56. The van der Waals surface area contributed by atoms with Crippen LogP contribution in [0.4, 0.5) is 0 Å². The Bertz CT molecular complexity index is 1250. The molecule has 1 aliphatic carbocycles. The second-order valence-corrected chi connectivity index (χ2v) is 8.33. The fourth-order valence-corrected chi connectivity index (χ4v) is 4.17. The molecule has 1 aliphatic rings. The van der Waals surface area contributed by atoms with Gasteiger partial charge in [-0.2, -0.15) is 0 Å². The number of carboxylic acid groups (broad SMARTS) is 1. The SMILES string of the molecule is Cc1cc(OCC(=O)N[C@@H](Cc2ccc(Cl)cc2)C(=O)[O-])c2c3c(c(=O)oc2c1)CCC3. The van der Waals surface area contributed by atoms with Gasteiger partial charge in [0.05, 0.1) is 17.4 Å². The van der Waals surface area contributed by atoms with Crippen LogP contribution in [0.2, 0.25) is 5.02 Å². The minimum Gasteiger partial charge on any atom is -0.548 e. The number of amides is 1. The molecule has 8 heteroatoms. The lowest BCUT2D eigenvalue weighted by Gasteiger charge is -2.20. The van der Waals surface area contributed by atoms with E-state index in [1.165, 1.54) is 0 Å². The Balaban J connectivity index is 1.51. The van der Waals surface area contributed by atoms with Crippen molar-refractivity contribution in [1.29, 1.82) is 0 Å². The van der Waals surface area contributed by atoms with Gasteiger partial charge in [-0.25, -0.2) is 4.79 Å². The Morgan fingerprint density at radius 3 is 2.62 bits per heavy atom. The van der Waals surface area contributed by atoms with Crippen LogP contribution in [0, 0.1) is 6.92 Å². The van der Waals surface area contributed by atoms with Crippen molar-refractivity contribution in [1.82, 2.24) is 5.32 Å². The van der Waals surface area contributed by atoms with E-state index in [2.05, 4.69) is 5.32 Å². The highest BCUT2D eigenvalue weighted by Crippen LogP contribution is 2.35. The van der Waals surface area contributed by atoms with Crippen LogP contribution < -0.4 is 20.8 Å². The molecule has 0 aliphatic heterocycles. The summed E-state index contributed by atoms with van der Waals surface area (Å²) in [5.41, 5.74) is 3.13. The topological polar surface area (TPSA) is 109 Å². The van der Waals surface area contributed by atoms with Crippen LogP contribution in [0.15, 0.2) is 45.6 Å². The van der Waals surface area contributed by atoms with Crippen LogP contribution in [-0.4, -0.2) is 24.5 Å². The molecule has 1 aromatic heterocycles. The van der Waals surface area contributed by atoms with E-state index in [1.807, 2.05) is 6.92 Å². The van der Waals surface area contributed by atoms with E-state index in [0.29, 0.717) is 39.3 Å². The molecule has 0 saturated heterocycles. The third-order valence-corrected chi connectivity index (χ3v) is 5.76. The van der Waals surface area contributed by atoms with Crippen molar-refractivity contribution in [2.75, 3.05) is 6.61 Å². The minimum absolute atomic E-state index is 0.0529. The van der Waals surface area contributed by atoms with Gasteiger partial charge in [-0.1, -0.05) is 23.7 Å². The second-order valence-electron chi connectivity index (χ2n) is 7.89. The number of nitrogens with one attached hydrogen (secondary N) is 1. The number of carbonyl (C=O) groups is 2. The summed E-state index contributed by atoms with van der Waals surface area (Å²) in [6.45, 7) is 1.44. The standard InChI is InChI=1S/C24H22ClNO6/c1-13-9-19(22-16-3-2-4-17(16)24(30)32-20(22)10-13)31-12-21(27)26-18(23(28)29)11-14-5-7-15(25)8-6-14/h5-10,18H,2-4,11-12H2,1H3,(H,26,27)(H,28,29)/p-1/t18-/m0/s1. The number of hydrogen-bond acceptors (Lipinski definition) is 6. The lowest BCUT2D eigenvalue weighted by Crippen LogP contribution is -2.50. The van der Waals surface area contributed by atoms with Crippen LogP contribution in [-0.2, 0) is 28.9 Å². The van der Waals surface area contributed by atoms with Gasteiger partial charge in [0.15, 0.2) is 6.61 Å². The minimum atomic E-state index is -1.39. The maximum Gasteiger partial charge on any atom is 0.339 e. The number of rotatable bonds is 7. The molecule has 1 atom stereocenters. The fraction of sp³-hybridized carbons (Fsp3) is 0.292. The highest BCUT2D eigenvalue weighted by atomic mass is 35.5. The highest BCUT2D eigenvalue weighted by molar-refractivity contribution is 6.30. The monoisotopic (exact) mass is 454 g/mol. The number of fused-ring (bicyclic) bond motifs is 3. The lowest BCUT2D eigenvalue weighted by molar-refractivity contribution is -0.308. The number of hydrogen-bond donors (Lipinski definition) is 1. The number of aliphatic carboxylic acids is 1. The van der Waals surface area contributed by atoms with Gasteiger partial charge in [0.2, 0.25) is 0 Å². The summed E-state index contributed by atoms with van der Waals surface area (Å²) in [6, 6.07) is 8.99. The van der Waals surface area contributed by atoms with E-state index in [4.69, 9.17) is 20.8 Å². The van der Waals surface area contributed by atoms with Gasteiger partial charge >= 0.3 is 5.63 Å². The van der Waals surface area contributed by atoms with Crippen molar-refractivity contribution in [2.24, 2.45) is 0 Å². The van der Waals surface area contributed by atoms with E-state index >= 15 is 0 Å². The van der Waals surface area contributed by atoms with Gasteiger partial charge in [-0.05, 0) is 73.6 Å². The molecule has 0 spiro atoms. The Morgan fingerprint density at radius 2 is 1.91 bits per heavy atom. The smallest absolute Gasteiger partial charge is 0.339 e. The number of ether oxygens (including phenoxy) is 1. The maximum absolute atomic E-state index is 12.5. The number of benzene rings is 2. The third-order valence-electron chi connectivity index (χ3n) is 5.51. The van der Waals surface area contributed by atoms with Gasteiger partial charge < -0.3 is 24.4 Å². The first kappa shape index (κ1) is 21.9. The van der Waals surface area contributed by atoms with Crippen molar-refractivity contribution in [3.63, 3.8) is 0 Å². The predicted molar refractivity (Wildman–Crippen MR) is 117 cm³/mol. The van der Waals surface area contributed by atoms with Gasteiger partial charge in [0.25, 0.3) is 5.91 Å². The van der Waals surface area contributed by atoms with Gasteiger partial charge in [0, 0.05) is 10.6 Å². The zero-order valence-corrected chi connectivity index (χ0v) is 18.2. The highest BCUT2D eigenvalue weighted by Gasteiger charge is 2.23. The molecule has 0 fully saturated rings. The molecule has 0 saturated carbocycles. The van der Waals surface area contributed by atoms with E-state index < -0.39 is 24.5 Å². The average molecular weight is 455 g/mol. The molecule has 0 bridgehead atoms. The summed E-state index contributed by atoms with van der Waals surface area (Å²) in [5, 5.41) is 15.2. The fourth-order valence-electron chi connectivity index (χ4n) is 4.05. The molecule has 1 N–H and O–H groups in total. The van der Waals surface area contributed by atoms with Crippen LogP contribution in [0.1, 0.15) is 28.7 Å². The molecule has 1 heterocycles. The Morgan fingerprint density at radius 1 is 1.19 bits per heavy atom. The first-order chi connectivity index (χ1) is 15.3. The molecule has 32 heavy (non-hydrogen) atoms. The first-order valence-electron chi connectivity index (χ1n) is 10.3. The van der Waals surface area contributed by atoms with Gasteiger partial charge in [-0.15, -0.1) is 0 Å². The molecule has 4 rings (SSSR count). The van der Waals surface area contributed by atoms with Crippen molar-refractivity contribution in [3.05, 3.63) is 74.1 Å². The Labute approximate surface area is 188 Å². The molecular formula is C24H21ClNO6-. The number of carbonyl (C=O) groups excluding carboxylic acids is 2.